The molecule has 0 spiro atoms. The third-order valence-corrected chi connectivity index (χ3v) is 4.64. The first-order valence-corrected chi connectivity index (χ1v) is 8.66. The van der Waals surface area contributed by atoms with E-state index in [1.807, 2.05) is 20.8 Å². The van der Waals surface area contributed by atoms with Crippen molar-refractivity contribution in [2.75, 3.05) is 19.8 Å². The van der Waals surface area contributed by atoms with Crippen LogP contribution in [0.25, 0.3) is 0 Å². The molecule has 1 unspecified atom stereocenters. The predicted molar refractivity (Wildman–Crippen MR) is 91.0 cm³/mol. The van der Waals surface area contributed by atoms with Gasteiger partial charge >= 0.3 is 6.09 Å². The summed E-state index contributed by atoms with van der Waals surface area (Å²) < 4.78 is 16.6. The minimum Gasteiger partial charge on any atom is -0.444 e. The summed E-state index contributed by atoms with van der Waals surface area (Å²) in [6.45, 7) is 7.51. The van der Waals surface area contributed by atoms with Crippen molar-refractivity contribution in [1.82, 2.24) is 5.32 Å². The van der Waals surface area contributed by atoms with Crippen molar-refractivity contribution in [1.29, 1.82) is 0 Å². The molecule has 24 heavy (non-hydrogen) atoms. The molecule has 1 fully saturated rings. The number of amides is 1. The van der Waals surface area contributed by atoms with Crippen LogP contribution in [0.4, 0.5) is 4.79 Å². The molecule has 1 aliphatic heterocycles. The summed E-state index contributed by atoms with van der Waals surface area (Å²) in [4.78, 5) is 11.9. The largest absolute Gasteiger partial charge is 0.444 e. The Morgan fingerprint density at radius 1 is 1.29 bits per heavy atom. The van der Waals surface area contributed by atoms with Crippen molar-refractivity contribution in [3.63, 3.8) is 0 Å². The van der Waals surface area contributed by atoms with E-state index in [4.69, 9.17) is 14.2 Å². The highest BCUT2D eigenvalue weighted by atomic mass is 16.7. The predicted octanol–water partition coefficient (Wildman–Crippen LogP) is 3.16. The Kier molecular flexibility index (Phi) is 4.83. The molecule has 1 aromatic carbocycles. The first kappa shape index (κ1) is 17.2. The standard InChI is InChI=1S/C19H27NO4/c1-18(2,3)24-17(21)20-9-8-19(13-16-22-10-11-23-16)12-14-6-4-5-7-15(14)19/h4-7,16H,8-13H2,1-3H3,(H,20,21). The van der Waals surface area contributed by atoms with Gasteiger partial charge in [0.2, 0.25) is 0 Å². The molecule has 1 saturated heterocycles. The molecule has 1 N–H and O–H groups in total. The minimum absolute atomic E-state index is 0.0145. The van der Waals surface area contributed by atoms with Gasteiger partial charge in [-0.25, -0.2) is 4.79 Å². The van der Waals surface area contributed by atoms with Gasteiger partial charge in [0, 0.05) is 18.4 Å². The molecule has 5 nitrogen and oxygen atoms in total. The summed E-state index contributed by atoms with van der Waals surface area (Å²) in [6.07, 6.45) is 2.19. The molecule has 3 rings (SSSR count). The summed E-state index contributed by atoms with van der Waals surface area (Å²) in [5.74, 6) is 0. The second-order valence-corrected chi connectivity index (χ2v) is 7.67. The van der Waals surface area contributed by atoms with Crippen LogP contribution < -0.4 is 5.32 Å². The lowest BCUT2D eigenvalue weighted by atomic mass is 9.60. The van der Waals surface area contributed by atoms with E-state index in [1.54, 1.807) is 0 Å². The molecule has 2 aliphatic rings. The topological polar surface area (TPSA) is 56.8 Å². The Hall–Kier alpha value is -1.59. The van der Waals surface area contributed by atoms with Crippen LogP contribution in [0.2, 0.25) is 0 Å². The molecular formula is C19H27NO4. The van der Waals surface area contributed by atoms with Gasteiger partial charge in [-0.05, 0) is 44.7 Å². The number of benzene rings is 1. The molecule has 5 heteroatoms. The molecule has 1 aliphatic carbocycles. The van der Waals surface area contributed by atoms with Crippen LogP contribution in [0.15, 0.2) is 24.3 Å². The van der Waals surface area contributed by atoms with Gasteiger partial charge in [0.25, 0.3) is 0 Å². The van der Waals surface area contributed by atoms with Crippen LogP contribution in [0.1, 0.15) is 44.7 Å². The molecule has 0 radical (unpaired) electrons. The van der Waals surface area contributed by atoms with E-state index >= 15 is 0 Å². The van der Waals surface area contributed by atoms with Crippen molar-refractivity contribution in [3.05, 3.63) is 35.4 Å². The van der Waals surface area contributed by atoms with E-state index in [1.165, 1.54) is 11.1 Å². The van der Waals surface area contributed by atoms with Crippen molar-refractivity contribution in [3.8, 4) is 0 Å². The zero-order chi connectivity index (χ0) is 17.2. The van der Waals surface area contributed by atoms with Gasteiger partial charge in [-0.15, -0.1) is 0 Å². The number of hydrogen-bond donors (Lipinski definition) is 1. The smallest absolute Gasteiger partial charge is 0.407 e. The zero-order valence-electron chi connectivity index (χ0n) is 14.8. The minimum atomic E-state index is -0.476. The lowest BCUT2D eigenvalue weighted by Gasteiger charge is -2.45. The highest BCUT2D eigenvalue weighted by Crippen LogP contribution is 2.47. The fraction of sp³-hybridized carbons (Fsp3) is 0.632. The summed E-state index contributed by atoms with van der Waals surface area (Å²) >= 11 is 0. The van der Waals surface area contributed by atoms with Crippen LogP contribution in [0, 0.1) is 0 Å². The van der Waals surface area contributed by atoms with Gasteiger partial charge in [0.1, 0.15) is 5.60 Å². The quantitative estimate of drug-likeness (QED) is 0.899. The summed E-state index contributed by atoms with van der Waals surface area (Å²) in [5.41, 5.74) is 2.28. The molecule has 1 atom stereocenters. The summed E-state index contributed by atoms with van der Waals surface area (Å²) in [7, 11) is 0. The summed E-state index contributed by atoms with van der Waals surface area (Å²) in [5, 5.41) is 2.88. The van der Waals surface area contributed by atoms with E-state index in [0.29, 0.717) is 19.8 Å². The first-order chi connectivity index (χ1) is 11.4. The number of alkyl carbamates (subject to hydrolysis) is 1. The Balaban J connectivity index is 1.61. The Morgan fingerprint density at radius 3 is 2.67 bits per heavy atom. The molecule has 0 bridgehead atoms. The van der Waals surface area contributed by atoms with Crippen molar-refractivity contribution < 1.29 is 19.0 Å². The monoisotopic (exact) mass is 333 g/mol. The van der Waals surface area contributed by atoms with Crippen LogP contribution in [0.3, 0.4) is 0 Å². The highest BCUT2D eigenvalue weighted by Gasteiger charge is 2.44. The van der Waals surface area contributed by atoms with Gasteiger partial charge in [0.05, 0.1) is 13.2 Å². The maximum Gasteiger partial charge on any atom is 0.407 e. The number of carbonyl (C=O) groups is 1. The lowest BCUT2D eigenvalue weighted by molar-refractivity contribution is -0.0651. The number of ether oxygens (including phenoxy) is 3. The van der Waals surface area contributed by atoms with E-state index < -0.39 is 5.60 Å². The first-order valence-electron chi connectivity index (χ1n) is 8.66. The Morgan fingerprint density at radius 2 is 2.00 bits per heavy atom. The number of carbonyl (C=O) groups excluding carboxylic acids is 1. The third kappa shape index (κ3) is 3.90. The van der Waals surface area contributed by atoms with Gasteiger partial charge in [-0.1, -0.05) is 24.3 Å². The molecule has 1 amide bonds. The molecule has 1 aromatic rings. The fourth-order valence-electron chi connectivity index (χ4n) is 3.61. The molecule has 1 heterocycles. The number of nitrogens with one attached hydrogen (secondary N) is 1. The second-order valence-electron chi connectivity index (χ2n) is 7.67. The van der Waals surface area contributed by atoms with Crippen LogP contribution in [-0.2, 0) is 26.0 Å². The molecule has 0 saturated carbocycles. The lowest BCUT2D eigenvalue weighted by Crippen LogP contribution is -2.45. The Bertz CT molecular complexity index is 589. The zero-order valence-corrected chi connectivity index (χ0v) is 14.8. The van der Waals surface area contributed by atoms with E-state index in [9.17, 15) is 4.79 Å². The van der Waals surface area contributed by atoms with Crippen molar-refractivity contribution in [2.24, 2.45) is 0 Å². The molecule has 0 aromatic heterocycles. The average Bonchev–Trinajstić information content (AvgIpc) is 2.96. The van der Waals surface area contributed by atoms with Crippen LogP contribution >= 0.6 is 0 Å². The third-order valence-electron chi connectivity index (χ3n) is 4.64. The summed E-state index contributed by atoms with van der Waals surface area (Å²) in [6, 6.07) is 8.50. The van der Waals surface area contributed by atoms with Crippen molar-refractivity contribution >= 4 is 6.09 Å². The SMILES string of the molecule is CC(C)(C)OC(=O)NCCC1(CC2OCCO2)Cc2ccccc21. The van der Waals surface area contributed by atoms with Crippen molar-refractivity contribution in [2.45, 2.75) is 57.3 Å². The second kappa shape index (κ2) is 6.73. The normalized spacial score (nSPS) is 23.5. The maximum absolute atomic E-state index is 11.9. The maximum atomic E-state index is 11.9. The van der Waals surface area contributed by atoms with E-state index in [0.717, 1.165) is 19.3 Å². The van der Waals surface area contributed by atoms with Crippen LogP contribution in [-0.4, -0.2) is 37.7 Å². The molecular weight excluding hydrogens is 306 g/mol. The van der Waals surface area contributed by atoms with Gasteiger partial charge < -0.3 is 19.5 Å². The van der Waals surface area contributed by atoms with Gasteiger partial charge in [-0.2, -0.15) is 0 Å². The fourth-order valence-corrected chi connectivity index (χ4v) is 3.61. The van der Waals surface area contributed by atoms with Crippen LogP contribution in [0.5, 0.6) is 0 Å². The molecule has 132 valence electrons. The Labute approximate surface area is 143 Å². The number of fused-ring (bicyclic) bond motifs is 1. The van der Waals surface area contributed by atoms with Gasteiger partial charge in [0.15, 0.2) is 6.29 Å². The van der Waals surface area contributed by atoms with Gasteiger partial charge in [-0.3, -0.25) is 0 Å². The van der Waals surface area contributed by atoms with E-state index in [-0.39, 0.29) is 17.8 Å². The number of hydrogen-bond acceptors (Lipinski definition) is 4. The average molecular weight is 333 g/mol. The van der Waals surface area contributed by atoms with E-state index in [2.05, 4.69) is 29.6 Å². The number of rotatable bonds is 5. The highest BCUT2D eigenvalue weighted by molar-refractivity contribution is 5.67.